The number of amides is 1. The zero-order chi connectivity index (χ0) is 18.9. The van der Waals surface area contributed by atoms with Crippen molar-refractivity contribution in [3.8, 4) is 5.69 Å². The third-order valence-corrected chi connectivity index (χ3v) is 3.87. The number of alkyl carbamates (subject to hydrolysis) is 1. The molecule has 1 aromatic carbocycles. The number of fused-ring (bicyclic) bond motifs is 1. The van der Waals surface area contributed by atoms with E-state index in [4.69, 9.17) is 16.3 Å². The first-order chi connectivity index (χ1) is 12.2. The van der Waals surface area contributed by atoms with Gasteiger partial charge in [-0.2, -0.15) is 0 Å². The fraction of sp³-hybridized carbons (Fsp3) is 0.278. The molecular weight excluding hydrogens is 356 g/mol. The van der Waals surface area contributed by atoms with Gasteiger partial charge in [0.05, 0.1) is 11.7 Å². The standard InChI is InChI=1S/C18H19ClN4O3/c1-18(2,3)26-17(25)20-9-11-4-6-12(7-5-11)23-14(19)8-13-15(23)21-10-22-16(13)24/h4-8,10H,9H2,1-3H3,(H,20,25)(H,21,22,24). The van der Waals surface area contributed by atoms with Crippen LogP contribution in [0.15, 0.2) is 41.5 Å². The average Bonchev–Trinajstić information content (AvgIpc) is 2.89. The molecule has 2 heterocycles. The summed E-state index contributed by atoms with van der Waals surface area (Å²) in [5.41, 5.74) is 1.37. The molecule has 3 rings (SSSR count). The summed E-state index contributed by atoms with van der Waals surface area (Å²) in [6, 6.07) is 9.01. The van der Waals surface area contributed by atoms with Crippen LogP contribution >= 0.6 is 11.6 Å². The van der Waals surface area contributed by atoms with Crippen molar-refractivity contribution in [2.24, 2.45) is 0 Å². The van der Waals surface area contributed by atoms with Gasteiger partial charge in [0.15, 0.2) is 5.65 Å². The molecule has 2 N–H and O–H groups in total. The molecular formula is C18H19ClN4O3. The number of hydrogen-bond donors (Lipinski definition) is 2. The van der Waals surface area contributed by atoms with E-state index in [1.807, 2.05) is 45.0 Å². The van der Waals surface area contributed by atoms with Crippen LogP contribution < -0.4 is 10.9 Å². The van der Waals surface area contributed by atoms with Crippen LogP contribution in [0.4, 0.5) is 4.79 Å². The van der Waals surface area contributed by atoms with Crippen LogP contribution in [0, 0.1) is 0 Å². The van der Waals surface area contributed by atoms with Crippen LogP contribution in [0.2, 0.25) is 5.15 Å². The van der Waals surface area contributed by atoms with E-state index < -0.39 is 11.7 Å². The number of halogens is 1. The third-order valence-electron chi connectivity index (χ3n) is 3.59. The molecule has 0 fully saturated rings. The number of nitrogens with one attached hydrogen (secondary N) is 2. The highest BCUT2D eigenvalue weighted by molar-refractivity contribution is 6.31. The Morgan fingerprint density at radius 1 is 1.31 bits per heavy atom. The Hall–Kier alpha value is -2.80. The first-order valence-corrected chi connectivity index (χ1v) is 8.43. The molecule has 0 bridgehead atoms. The predicted molar refractivity (Wildman–Crippen MR) is 99.8 cm³/mol. The molecule has 1 amide bonds. The van der Waals surface area contributed by atoms with E-state index in [9.17, 15) is 9.59 Å². The van der Waals surface area contributed by atoms with E-state index in [2.05, 4.69) is 15.3 Å². The van der Waals surface area contributed by atoms with Crippen LogP contribution in [0.1, 0.15) is 26.3 Å². The molecule has 0 aliphatic rings. The van der Waals surface area contributed by atoms with Crippen LogP contribution in [0.5, 0.6) is 0 Å². The average molecular weight is 375 g/mol. The summed E-state index contributed by atoms with van der Waals surface area (Å²) in [6.07, 6.45) is 0.876. The summed E-state index contributed by atoms with van der Waals surface area (Å²) in [6.45, 7) is 5.77. The second-order valence-electron chi connectivity index (χ2n) is 6.79. The maximum Gasteiger partial charge on any atom is 0.407 e. The summed E-state index contributed by atoms with van der Waals surface area (Å²) in [7, 11) is 0. The molecule has 2 aromatic heterocycles. The monoisotopic (exact) mass is 374 g/mol. The van der Waals surface area contributed by atoms with Crippen molar-refractivity contribution in [3.63, 3.8) is 0 Å². The number of benzene rings is 1. The number of carbonyl (C=O) groups is 1. The highest BCUT2D eigenvalue weighted by Gasteiger charge is 2.16. The lowest BCUT2D eigenvalue weighted by atomic mass is 10.2. The number of carbonyl (C=O) groups excluding carboxylic acids is 1. The van der Waals surface area contributed by atoms with Crippen LogP contribution in [0.25, 0.3) is 16.7 Å². The predicted octanol–water partition coefficient (Wildman–Crippen LogP) is 3.39. The Morgan fingerprint density at radius 2 is 2.00 bits per heavy atom. The molecule has 7 nitrogen and oxygen atoms in total. The zero-order valence-electron chi connectivity index (χ0n) is 14.7. The van der Waals surface area contributed by atoms with Gasteiger partial charge in [0.1, 0.15) is 10.8 Å². The molecule has 0 atom stereocenters. The van der Waals surface area contributed by atoms with Crippen LogP contribution in [-0.4, -0.2) is 26.2 Å². The largest absolute Gasteiger partial charge is 0.444 e. The molecule has 0 aliphatic carbocycles. The zero-order valence-corrected chi connectivity index (χ0v) is 15.4. The fourth-order valence-electron chi connectivity index (χ4n) is 2.49. The lowest BCUT2D eigenvalue weighted by Gasteiger charge is -2.19. The van der Waals surface area contributed by atoms with Gasteiger partial charge in [-0.1, -0.05) is 23.7 Å². The Kier molecular flexibility index (Phi) is 4.73. The molecule has 0 unspecified atom stereocenters. The maximum atomic E-state index is 11.9. The Labute approximate surface area is 155 Å². The quantitative estimate of drug-likeness (QED) is 0.735. The summed E-state index contributed by atoms with van der Waals surface area (Å²) >= 11 is 6.27. The van der Waals surface area contributed by atoms with Crippen molar-refractivity contribution in [1.82, 2.24) is 19.9 Å². The van der Waals surface area contributed by atoms with Crippen molar-refractivity contribution in [2.75, 3.05) is 0 Å². The van der Waals surface area contributed by atoms with E-state index >= 15 is 0 Å². The smallest absolute Gasteiger partial charge is 0.407 e. The number of aromatic nitrogens is 3. The molecule has 8 heteroatoms. The molecule has 0 aliphatic heterocycles. The van der Waals surface area contributed by atoms with Crippen molar-refractivity contribution in [3.05, 3.63) is 57.7 Å². The number of rotatable bonds is 3. The second-order valence-corrected chi connectivity index (χ2v) is 7.18. The first-order valence-electron chi connectivity index (χ1n) is 8.05. The van der Waals surface area contributed by atoms with Gasteiger partial charge >= 0.3 is 6.09 Å². The van der Waals surface area contributed by atoms with Gasteiger partial charge in [-0.25, -0.2) is 9.78 Å². The van der Waals surface area contributed by atoms with E-state index in [1.54, 1.807) is 10.6 Å². The Balaban J connectivity index is 1.79. The molecule has 0 saturated carbocycles. The highest BCUT2D eigenvalue weighted by atomic mass is 35.5. The molecule has 3 aromatic rings. The number of hydrogen-bond acceptors (Lipinski definition) is 4. The van der Waals surface area contributed by atoms with Gasteiger partial charge in [-0.15, -0.1) is 0 Å². The topological polar surface area (TPSA) is 89.0 Å². The molecule has 0 spiro atoms. The van der Waals surface area contributed by atoms with Gasteiger partial charge in [0.2, 0.25) is 0 Å². The number of ether oxygens (including phenoxy) is 1. The van der Waals surface area contributed by atoms with E-state index in [1.165, 1.54) is 6.33 Å². The summed E-state index contributed by atoms with van der Waals surface area (Å²) in [5, 5.41) is 3.52. The molecule has 0 saturated heterocycles. The minimum absolute atomic E-state index is 0.242. The molecule has 136 valence electrons. The Morgan fingerprint density at radius 3 is 2.65 bits per heavy atom. The number of H-pyrrole nitrogens is 1. The van der Waals surface area contributed by atoms with Crippen molar-refractivity contribution in [2.45, 2.75) is 32.9 Å². The van der Waals surface area contributed by atoms with E-state index in [0.29, 0.717) is 22.7 Å². The fourth-order valence-corrected chi connectivity index (χ4v) is 2.78. The summed E-state index contributed by atoms with van der Waals surface area (Å²) in [4.78, 5) is 30.3. The van der Waals surface area contributed by atoms with Gasteiger partial charge in [0, 0.05) is 12.2 Å². The summed E-state index contributed by atoms with van der Waals surface area (Å²) < 4.78 is 6.90. The molecule has 0 radical (unpaired) electrons. The first kappa shape index (κ1) is 18.0. The van der Waals surface area contributed by atoms with Gasteiger partial charge in [-0.05, 0) is 44.5 Å². The normalized spacial score (nSPS) is 11.5. The van der Waals surface area contributed by atoms with Crippen LogP contribution in [0.3, 0.4) is 0 Å². The third kappa shape index (κ3) is 3.88. The maximum absolute atomic E-state index is 11.9. The minimum atomic E-state index is -0.537. The van der Waals surface area contributed by atoms with Crippen molar-refractivity contribution >= 4 is 28.7 Å². The lowest BCUT2D eigenvalue weighted by molar-refractivity contribution is 0.0523. The second kappa shape index (κ2) is 6.84. The van der Waals surface area contributed by atoms with Gasteiger partial charge < -0.3 is 15.0 Å². The van der Waals surface area contributed by atoms with Gasteiger partial charge in [-0.3, -0.25) is 9.36 Å². The lowest BCUT2D eigenvalue weighted by Crippen LogP contribution is -2.32. The highest BCUT2D eigenvalue weighted by Crippen LogP contribution is 2.24. The number of aromatic amines is 1. The van der Waals surface area contributed by atoms with E-state index in [-0.39, 0.29) is 5.56 Å². The van der Waals surface area contributed by atoms with Crippen molar-refractivity contribution < 1.29 is 9.53 Å². The van der Waals surface area contributed by atoms with Crippen LogP contribution in [-0.2, 0) is 11.3 Å². The van der Waals surface area contributed by atoms with Gasteiger partial charge in [0.25, 0.3) is 5.56 Å². The van der Waals surface area contributed by atoms with E-state index in [0.717, 1.165) is 11.3 Å². The summed E-state index contributed by atoms with van der Waals surface area (Å²) in [5.74, 6) is 0. The van der Waals surface area contributed by atoms with Crippen molar-refractivity contribution in [1.29, 1.82) is 0 Å². The number of nitrogens with zero attached hydrogens (tertiary/aromatic N) is 2. The minimum Gasteiger partial charge on any atom is -0.444 e. The Bertz CT molecular complexity index is 1000. The SMILES string of the molecule is CC(C)(C)OC(=O)NCc1ccc(-n2c(Cl)cc3c(=O)[nH]cnc32)cc1. The molecule has 26 heavy (non-hydrogen) atoms.